The third-order valence-electron chi connectivity index (χ3n) is 3.56. The smallest absolute Gasteiger partial charge is 0.308 e. The summed E-state index contributed by atoms with van der Waals surface area (Å²) >= 11 is 1.03. The lowest BCUT2D eigenvalue weighted by atomic mass is 9.88. The highest BCUT2D eigenvalue weighted by atomic mass is 32.2. The molecule has 1 saturated carbocycles. The molecule has 0 aliphatic heterocycles. The van der Waals surface area contributed by atoms with Crippen molar-refractivity contribution in [3.05, 3.63) is 17.0 Å². The van der Waals surface area contributed by atoms with Crippen molar-refractivity contribution in [3.8, 4) is 0 Å². The first kappa shape index (κ1) is 15.5. The van der Waals surface area contributed by atoms with Gasteiger partial charge in [0.15, 0.2) is 0 Å². The average Bonchev–Trinajstić information content (AvgIpc) is 2.80. The lowest BCUT2D eigenvalue weighted by molar-refractivity contribution is -0.136. The third-order valence-corrected chi connectivity index (χ3v) is 6.66. The van der Waals surface area contributed by atoms with Gasteiger partial charge in [-0.05, 0) is 43.7 Å². The van der Waals surface area contributed by atoms with Crippen molar-refractivity contribution in [2.45, 2.75) is 49.3 Å². The maximum Gasteiger partial charge on any atom is 0.308 e. The van der Waals surface area contributed by atoms with Crippen molar-refractivity contribution in [2.24, 2.45) is 5.92 Å². The molecule has 2 N–H and O–H groups in total. The van der Waals surface area contributed by atoms with Crippen LogP contribution in [0.4, 0.5) is 0 Å². The Kier molecular flexibility index (Phi) is 4.82. The van der Waals surface area contributed by atoms with E-state index in [1.807, 2.05) is 0 Å². The molecule has 7 heteroatoms. The molecule has 1 aliphatic rings. The minimum atomic E-state index is -3.52. The van der Waals surface area contributed by atoms with Crippen molar-refractivity contribution >= 4 is 27.3 Å². The van der Waals surface area contributed by atoms with Crippen LogP contribution in [0.2, 0.25) is 0 Å². The quantitative estimate of drug-likeness (QED) is 0.872. The van der Waals surface area contributed by atoms with Crippen LogP contribution in [-0.4, -0.2) is 25.5 Å². The number of nitrogens with one attached hydrogen (secondary N) is 1. The van der Waals surface area contributed by atoms with Gasteiger partial charge in [-0.2, -0.15) is 0 Å². The highest BCUT2D eigenvalue weighted by Crippen LogP contribution is 2.27. The Hall–Kier alpha value is -0.920. The summed E-state index contributed by atoms with van der Waals surface area (Å²) in [5, 5.41) is 8.71. The summed E-state index contributed by atoms with van der Waals surface area (Å²) in [5.74, 6) is -0.287. The topological polar surface area (TPSA) is 83.5 Å². The third kappa shape index (κ3) is 4.04. The molecule has 0 spiro atoms. The summed E-state index contributed by atoms with van der Waals surface area (Å²) < 4.78 is 27.4. The number of sulfonamides is 1. The fourth-order valence-corrected chi connectivity index (χ4v) is 5.07. The molecule has 112 valence electrons. The van der Waals surface area contributed by atoms with E-state index in [1.54, 1.807) is 6.07 Å². The number of hydrogen-bond donors (Lipinski definition) is 2. The molecular formula is C13H19NO4S2. The summed E-state index contributed by atoms with van der Waals surface area (Å²) in [6, 6.07) is 3.05. The van der Waals surface area contributed by atoms with E-state index in [4.69, 9.17) is 5.11 Å². The van der Waals surface area contributed by atoms with E-state index in [0.717, 1.165) is 37.0 Å². The molecule has 1 aromatic heterocycles. The van der Waals surface area contributed by atoms with Crippen molar-refractivity contribution < 1.29 is 18.3 Å². The Morgan fingerprint density at radius 1 is 1.35 bits per heavy atom. The second-order valence-corrected chi connectivity index (χ2v) is 8.48. The summed E-state index contributed by atoms with van der Waals surface area (Å²) in [6.45, 7) is 2.18. The summed E-state index contributed by atoms with van der Waals surface area (Å²) in [5.41, 5.74) is 0. The predicted molar refractivity (Wildman–Crippen MR) is 77.4 cm³/mol. The summed E-state index contributed by atoms with van der Waals surface area (Å²) in [6.07, 6.45) is 3.69. The van der Waals surface area contributed by atoms with Crippen LogP contribution in [0, 0.1) is 5.92 Å². The molecule has 0 aromatic carbocycles. The molecule has 5 nitrogen and oxygen atoms in total. The molecule has 0 saturated heterocycles. The van der Waals surface area contributed by atoms with Crippen LogP contribution in [0.15, 0.2) is 16.3 Å². The standard InChI is InChI=1S/C13H19NO4S2/c1-9-2-4-10(5-3-9)14-20(17,18)13-7-6-11(19-13)8-12(15)16/h6-7,9-10,14H,2-5,8H2,1H3,(H,15,16). The second kappa shape index (κ2) is 6.24. The first-order valence-corrected chi connectivity index (χ1v) is 8.99. The fourth-order valence-electron chi connectivity index (χ4n) is 2.40. The van der Waals surface area contributed by atoms with Gasteiger partial charge in [0.05, 0.1) is 6.42 Å². The minimum absolute atomic E-state index is 0.00113. The molecule has 0 radical (unpaired) electrons. The molecule has 1 fully saturated rings. The number of carboxylic acid groups (broad SMARTS) is 1. The molecular weight excluding hydrogens is 298 g/mol. The van der Waals surface area contributed by atoms with Crippen LogP contribution in [0.5, 0.6) is 0 Å². The number of aliphatic carboxylic acids is 1. The zero-order chi connectivity index (χ0) is 14.8. The van der Waals surface area contributed by atoms with Crippen LogP contribution in [0.1, 0.15) is 37.5 Å². The minimum Gasteiger partial charge on any atom is -0.481 e. The molecule has 1 aromatic rings. The SMILES string of the molecule is CC1CCC(NS(=O)(=O)c2ccc(CC(=O)O)s2)CC1. The van der Waals surface area contributed by atoms with Crippen LogP contribution < -0.4 is 4.72 Å². The molecule has 1 aliphatic carbocycles. The molecule has 1 heterocycles. The Labute approximate surface area is 123 Å². The normalized spacial score (nSPS) is 23.6. The van der Waals surface area contributed by atoms with E-state index in [0.29, 0.717) is 10.8 Å². The number of thiophene rings is 1. The monoisotopic (exact) mass is 317 g/mol. The Bertz CT molecular complexity index is 571. The van der Waals surface area contributed by atoms with Gasteiger partial charge in [0.1, 0.15) is 4.21 Å². The maximum atomic E-state index is 12.2. The molecule has 20 heavy (non-hydrogen) atoms. The van der Waals surface area contributed by atoms with Gasteiger partial charge < -0.3 is 5.11 Å². The van der Waals surface area contributed by atoms with Crippen molar-refractivity contribution in [1.29, 1.82) is 0 Å². The predicted octanol–water partition coefficient (Wildman–Crippen LogP) is 2.23. The number of rotatable bonds is 5. The van der Waals surface area contributed by atoms with Gasteiger partial charge in [-0.3, -0.25) is 4.79 Å². The zero-order valence-electron chi connectivity index (χ0n) is 11.3. The largest absolute Gasteiger partial charge is 0.481 e. The molecule has 0 atom stereocenters. The van der Waals surface area contributed by atoms with Crippen molar-refractivity contribution in [2.75, 3.05) is 0 Å². The molecule has 0 bridgehead atoms. The van der Waals surface area contributed by atoms with Gasteiger partial charge in [-0.15, -0.1) is 11.3 Å². The van der Waals surface area contributed by atoms with Crippen LogP contribution in [0.3, 0.4) is 0 Å². The maximum absolute atomic E-state index is 12.2. The average molecular weight is 317 g/mol. The van der Waals surface area contributed by atoms with Crippen molar-refractivity contribution in [3.63, 3.8) is 0 Å². The Balaban J connectivity index is 2.02. The van der Waals surface area contributed by atoms with Crippen molar-refractivity contribution in [1.82, 2.24) is 4.72 Å². The number of carboxylic acids is 1. The lowest BCUT2D eigenvalue weighted by Crippen LogP contribution is -2.36. The molecule has 0 unspecified atom stereocenters. The van der Waals surface area contributed by atoms with Gasteiger partial charge in [0, 0.05) is 10.9 Å². The first-order chi connectivity index (χ1) is 9.37. The first-order valence-electron chi connectivity index (χ1n) is 6.69. The fraction of sp³-hybridized carbons (Fsp3) is 0.615. The highest BCUT2D eigenvalue weighted by molar-refractivity contribution is 7.91. The van der Waals surface area contributed by atoms with E-state index in [9.17, 15) is 13.2 Å². The van der Waals surface area contributed by atoms with Crippen LogP contribution >= 0.6 is 11.3 Å². The van der Waals surface area contributed by atoms with Gasteiger partial charge >= 0.3 is 5.97 Å². The van der Waals surface area contributed by atoms with E-state index in [1.165, 1.54) is 6.07 Å². The van der Waals surface area contributed by atoms with E-state index >= 15 is 0 Å². The summed E-state index contributed by atoms with van der Waals surface area (Å²) in [7, 11) is -3.52. The number of hydrogen-bond acceptors (Lipinski definition) is 4. The lowest BCUT2D eigenvalue weighted by Gasteiger charge is -2.26. The van der Waals surface area contributed by atoms with Gasteiger partial charge in [0.2, 0.25) is 10.0 Å². The second-order valence-electron chi connectivity index (χ2n) is 5.37. The Morgan fingerprint density at radius 3 is 2.60 bits per heavy atom. The molecule has 2 rings (SSSR count). The van der Waals surface area contributed by atoms with E-state index < -0.39 is 16.0 Å². The van der Waals surface area contributed by atoms with E-state index in [2.05, 4.69) is 11.6 Å². The highest BCUT2D eigenvalue weighted by Gasteiger charge is 2.25. The van der Waals surface area contributed by atoms with Crippen LogP contribution in [-0.2, 0) is 21.2 Å². The summed E-state index contributed by atoms with van der Waals surface area (Å²) in [4.78, 5) is 11.2. The number of carbonyl (C=O) groups is 1. The molecule has 0 amide bonds. The van der Waals surface area contributed by atoms with Gasteiger partial charge in [0.25, 0.3) is 0 Å². The van der Waals surface area contributed by atoms with E-state index in [-0.39, 0.29) is 16.7 Å². The Morgan fingerprint density at radius 2 is 2.00 bits per heavy atom. The van der Waals surface area contributed by atoms with Gasteiger partial charge in [-0.1, -0.05) is 6.92 Å². The zero-order valence-corrected chi connectivity index (χ0v) is 13.0. The van der Waals surface area contributed by atoms with Gasteiger partial charge in [-0.25, -0.2) is 13.1 Å². The van der Waals surface area contributed by atoms with Crippen LogP contribution in [0.25, 0.3) is 0 Å².